The van der Waals surface area contributed by atoms with Gasteiger partial charge >= 0.3 is 5.97 Å². The van der Waals surface area contributed by atoms with Crippen molar-refractivity contribution in [2.24, 2.45) is 0 Å². The van der Waals surface area contributed by atoms with Crippen LogP contribution in [-0.4, -0.2) is 48.8 Å². The fraction of sp³-hybridized carbons (Fsp3) is 0.333. The van der Waals surface area contributed by atoms with Crippen LogP contribution in [-0.2, 0) is 20.9 Å². The highest BCUT2D eigenvalue weighted by molar-refractivity contribution is 5.85. The predicted molar refractivity (Wildman–Crippen MR) is 75.9 cm³/mol. The molecule has 0 unspecified atom stereocenters. The van der Waals surface area contributed by atoms with Gasteiger partial charge in [-0.3, -0.25) is 4.79 Å². The Hall–Kier alpha value is -2.34. The Morgan fingerprint density at radius 2 is 2.33 bits per heavy atom. The van der Waals surface area contributed by atoms with Crippen molar-refractivity contribution in [3.8, 4) is 5.75 Å². The standard InChI is InChI=1S/C15H17NO5/c1-20-13-4-2-11(3-5-15(18)19)8-12(13)9-16-6-7-21-10-14(16)17/h2-5,8H,6-7,9-10H2,1H3,(H,18,19). The van der Waals surface area contributed by atoms with E-state index in [1.54, 1.807) is 24.1 Å². The fourth-order valence-corrected chi connectivity index (χ4v) is 2.12. The first-order chi connectivity index (χ1) is 10.1. The van der Waals surface area contributed by atoms with Crippen molar-refractivity contribution in [2.45, 2.75) is 6.54 Å². The van der Waals surface area contributed by atoms with E-state index < -0.39 is 5.97 Å². The molecule has 1 aliphatic rings. The summed E-state index contributed by atoms with van der Waals surface area (Å²) in [6.45, 7) is 1.57. The molecule has 6 nitrogen and oxygen atoms in total. The Morgan fingerprint density at radius 1 is 1.52 bits per heavy atom. The van der Waals surface area contributed by atoms with Gasteiger partial charge in [-0.1, -0.05) is 6.07 Å². The first-order valence-electron chi connectivity index (χ1n) is 6.53. The third-order valence-corrected chi connectivity index (χ3v) is 3.17. The molecule has 1 aliphatic heterocycles. The van der Waals surface area contributed by atoms with Crippen molar-refractivity contribution in [3.63, 3.8) is 0 Å². The number of benzene rings is 1. The molecule has 112 valence electrons. The molecule has 0 spiro atoms. The number of rotatable bonds is 5. The molecule has 1 heterocycles. The van der Waals surface area contributed by atoms with Gasteiger partial charge in [0.1, 0.15) is 12.4 Å². The third kappa shape index (κ3) is 4.06. The SMILES string of the molecule is COc1ccc(C=CC(=O)O)cc1CN1CCOCC1=O. The van der Waals surface area contributed by atoms with Gasteiger partial charge in [0.05, 0.1) is 13.7 Å². The Kier molecular flexibility index (Phi) is 4.94. The van der Waals surface area contributed by atoms with Crippen LogP contribution in [0.25, 0.3) is 6.08 Å². The van der Waals surface area contributed by atoms with Crippen LogP contribution in [0.15, 0.2) is 24.3 Å². The molecule has 1 aromatic carbocycles. The summed E-state index contributed by atoms with van der Waals surface area (Å²) in [5, 5.41) is 8.66. The number of aliphatic carboxylic acids is 1. The van der Waals surface area contributed by atoms with Gasteiger partial charge in [0.25, 0.3) is 0 Å². The molecule has 0 saturated carbocycles. The highest BCUT2D eigenvalue weighted by Crippen LogP contribution is 2.23. The molecule has 6 heteroatoms. The minimum absolute atomic E-state index is 0.0604. The number of carboxylic acids is 1. The van der Waals surface area contributed by atoms with Gasteiger partial charge in [0.2, 0.25) is 5.91 Å². The van der Waals surface area contributed by atoms with Gasteiger partial charge < -0.3 is 19.5 Å². The summed E-state index contributed by atoms with van der Waals surface area (Å²) in [7, 11) is 1.56. The molecule has 0 radical (unpaired) electrons. The van der Waals surface area contributed by atoms with Crippen molar-refractivity contribution in [1.82, 2.24) is 4.90 Å². The van der Waals surface area contributed by atoms with Gasteiger partial charge in [-0.15, -0.1) is 0 Å². The molecule has 1 amide bonds. The number of morpholine rings is 1. The van der Waals surface area contributed by atoms with Crippen molar-refractivity contribution in [2.75, 3.05) is 26.9 Å². The highest BCUT2D eigenvalue weighted by atomic mass is 16.5. The monoisotopic (exact) mass is 291 g/mol. The van der Waals surface area contributed by atoms with Gasteiger partial charge in [-0.2, -0.15) is 0 Å². The van der Waals surface area contributed by atoms with E-state index in [-0.39, 0.29) is 12.5 Å². The van der Waals surface area contributed by atoms with Crippen LogP contribution in [0.3, 0.4) is 0 Å². The lowest BCUT2D eigenvalue weighted by atomic mass is 10.1. The minimum atomic E-state index is -1.00. The highest BCUT2D eigenvalue weighted by Gasteiger charge is 2.20. The number of hydrogen-bond donors (Lipinski definition) is 1. The maximum Gasteiger partial charge on any atom is 0.328 e. The second-order valence-corrected chi connectivity index (χ2v) is 4.61. The van der Waals surface area contributed by atoms with Crippen LogP contribution in [0.4, 0.5) is 0 Å². The second kappa shape index (κ2) is 6.90. The lowest BCUT2D eigenvalue weighted by Gasteiger charge is -2.27. The zero-order chi connectivity index (χ0) is 15.2. The van der Waals surface area contributed by atoms with Crippen LogP contribution in [0.5, 0.6) is 5.75 Å². The predicted octanol–water partition coefficient (Wildman–Crippen LogP) is 1.15. The van der Waals surface area contributed by atoms with Gasteiger partial charge in [-0.05, 0) is 23.8 Å². The number of hydrogen-bond acceptors (Lipinski definition) is 4. The molecule has 0 bridgehead atoms. The molecule has 0 atom stereocenters. The Morgan fingerprint density at radius 3 is 3.00 bits per heavy atom. The lowest BCUT2D eigenvalue weighted by molar-refractivity contribution is -0.143. The molecule has 1 saturated heterocycles. The first-order valence-corrected chi connectivity index (χ1v) is 6.53. The van der Waals surface area contributed by atoms with Gasteiger partial charge in [0, 0.05) is 24.7 Å². The number of amides is 1. The van der Waals surface area contributed by atoms with E-state index in [0.29, 0.717) is 25.4 Å². The van der Waals surface area contributed by atoms with Crippen LogP contribution in [0.2, 0.25) is 0 Å². The summed E-state index contributed by atoms with van der Waals surface area (Å²) in [6.07, 6.45) is 2.58. The average Bonchev–Trinajstić information content (AvgIpc) is 2.47. The van der Waals surface area contributed by atoms with Crippen molar-refractivity contribution >= 4 is 18.0 Å². The van der Waals surface area contributed by atoms with E-state index in [4.69, 9.17) is 14.6 Å². The van der Waals surface area contributed by atoms with Crippen molar-refractivity contribution in [3.05, 3.63) is 35.4 Å². The molecule has 0 aromatic heterocycles. The average molecular weight is 291 g/mol. The van der Waals surface area contributed by atoms with Gasteiger partial charge in [-0.25, -0.2) is 4.79 Å². The van der Waals surface area contributed by atoms with Crippen molar-refractivity contribution < 1.29 is 24.2 Å². The second-order valence-electron chi connectivity index (χ2n) is 4.61. The number of carbonyl (C=O) groups is 2. The van der Waals surface area contributed by atoms with E-state index in [1.165, 1.54) is 6.08 Å². The van der Waals surface area contributed by atoms with E-state index in [2.05, 4.69) is 0 Å². The molecular formula is C15H17NO5. The number of carboxylic acid groups (broad SMARTS) is 1. The first kappa shape index (κ1) is 15.1. The largest absolute Gasteiger partial charge is 0.496 e. The van der Waals surface area contributed by atoms with Crippen LogP contribution < -0.4 is 4.74 Å². The van der Waals surface area contributed by atoms with E-state index >= 15 is 0 Å². The summed E-state index contributed by atoms with van der Waals surface area (Å²) in [5.41, 5.74) is 1.58. The van der Waals surface area contributed by atoms with E-state index in [1.807, 2.05) is 6.07 Å². The normalized spacial score (nSPS) is 15.5. The third-order valence-electron chi connectivity index (χ3n) is 3.17. The smallest absolute Gasteiger partial charge is 0.328 e. The summed E-state index contributed by atoms with van der Waals surface area (Å²) in [5.74, 6) is -0.396. The zero-order valence-electron chi connectivity index (χ0n) is 11.7. The summed E-state index contributed by atoms with van der Waals surface area (Å²) in [6, 6.07) is 5.35. The molecule has 1 aromatic rings. The number of methoxy groups -OCH3 is 1. The Bertz CT molecular complexity index is 567. The van der Waals surface area contributed by atoms with Crippen molar-refractivity contribution in [1.29, 1.82) is 0 Å². The Balaban J connectivity index is 2.21. The maximum absolute atomic E-state index is 11.8. The topological polar surface area (TPSA) is 76.1 Å². The Labute approximate surface area is 122 Å². The zero-order valence-corrected chi connectivity index (χ0v) is 11.7. The van der Waals surface area contributed by atoms with E-state index in [0.717, 1.165) is 17.2 Å². The molecule has 1 fully saturated rings. The van der Waals surface area contributed by atoms with Gasteiger partial charge in [0.15, 0.2) is 0 Å². The van der Waals surface area contributed by atoms with E-state index in [9.17, 15) is 9.59 Å². The molecule has 0 aliphatic carbocycles. The quantitative estimate of drug-likeness (QED) is 0.824. The molecular weight excluding hydrogens is 274 g/mol. The number of nitrogens with zero attached hydrogens (tertiary/aromatic N) is 1. The summed E-state index contributed by atoms with van der Waals surface area (Å²) < 4.78 is 10.4. The maximum atomic E-state index is 11.8. The number of carbonyl (C=O) groups excluding carboxylic acids is 1. The summed E-state index contributed by atoms with van der Waals surface area (Å²) >= 11 is 0. The number of ether oxygens (including phenoxy) is 2. The molecule has 21 heavy (non-hydrogen) atoms. The summed E-state index contributed by atoms with van der Waals surface area (Å²) in [4.78, 5) is 24.0. The van der Waals surface area contributed by atoms with Crippen LogP contribution in [0.1, 0.15) is 11.1 Å². The van der Waals surface area contributed by atoms with Crippen LogP contribution >= 0.6 is 0 Å². The fourth-order valence-electron chi connectivity index (χ4n) is 2.12. The minimum Gasteiger partial charge on any atom is -0.496 e. The lowest BCUT2D eigenvalue weighted by Crippen LogP contribution is -2.41. The molecule has 2 rings (SSSR count). The van der Waals surface area contributed by atoms with Crippen LogP contribution in [0, 0.1) is 0 Å². The molecule has 1 N–H and O–H groups in total.